The average molecular weight is 384 g/mol. The summed E-state index contributed by atoms with van der Waals surface area (Å²) in [5, 5.41) is 0. The highest BCUT2D eigenvalue weighted by molar-refractivity contribution is 5.62. The maximum Gasteiger partial charge on any atom is 0.171 e. The lowest BCUT2D eigenvalue weighted by Crippen LogP contribution is -2.47. The standard InChI is InChI=1S/C21H28N4O3/c1-24(2)19-20(23-9-8-22-19)25-10-6-21(7-11-25)16-14-18(27-4)17(26-3)13-15(16)5-12-28-21/h8-9,13-14H,5-7,10-12H2,1-4H3. The Morgan fingerprint density at radius 3 is 2.39 bits per heavy atom. The van der Waals surface area contributed by atoms with Crippen molar-refractivity contribution in [3.05, 3.63) is 35.7 Å². The molecule has 2 aromatic rings. The molecule has 4 rings (SSSR count). The molecule has 7 heteroatoms. The molecule has 0 radical (unpaired) electrons. The molecule has 0 amide bonds. The molecule has 0 unspecified atom stereocenters. The van der Waals surface area contributed by atoms with Crippen LogP contribution in [0.2, 0.25) is 0 Å². The Bertz CT molecular complexity index is 848. The number of methoxy groups -OCH3 is 2. The maximum absolute atomic E-state index is 6.40. The first-order valence-electron chi connectivity index (χ1n) is 9.70. The van der Waals surface area contributed by atoms with Crippen molar-refractivity contribution in [2.45, 2.75) is 24.9 Å². The van der Waals surface area contributed by atoms with Gasteiger partial charge in [-0.2, -0.15) is 0 Å². The van der Waals surface area contributed by atoms with Crippen LogP contribution in [0.25, 0.3) is 0 Å². The molecule has 1 saturated heterocycles. The maximum atomic E-state index is 6.40. The highest BCUT2D eigenvalue weighted by Crippen LogP contribution is 2.46. The van der Waals surface area contributed by atoms with E-state index in [1.807, 2.05) is 19.0 Å². The fourth-order valence-electron chi connectivity index (χ4n) is 4.34. The van der Waals surface area contributed by atoms with Crippen molar-refractivity contribution in [2.75, 3.05) is 57.8 Å². The zero-order valence-electron chi connectivity index (χ0n) is 17.1. The Morgan fingerprint density at radius 2 is 1.71 bits per heavy atom. The number of ether oxygens (including phenoxy) is 3. The van der Waals surface area contributed by atoms with Crippen LogP contribution < -0.4 is 19.3 Å². The van der Waals surface area contributed by atoms with Gasteiger partial charge in [-0.15, -0.1) is 0 Å². The normalized spacial score (nSPS) is 17.9. The minimum Gasteiger partial charge on any atom is -0.493 e. The van der Waals surface area contributed by atoms with E-state index < -0.39 is 0 Å². The van der Waals surface area contributed by atoms with Crippen LogP contribution in [0.4, 0.5) is 11.6 Å². The SMILES string of the molecule is COc1cc2c(cc1OC)C1(CCN(c3nccnc3N(C)C)CC1)OCC2. The first-order chi connectivity index (χ1) is 13.6. The summed E-state index contributed by atoms with van der Waals surface area (Å²) in [5.41, 5.74) is 2.26. The van der Waals surface area contributed by atoms with Crippen molar-refractivity contribution >= 4 is 11.6 Å². The van der Waals surface area contributed by atoms with Crippen molar-refractivity contribution in [3.63, 3.8) is 0 Å². The molecule has 150 valence electrons. The predicted molar refractivity (Wildman–Crippen MR) is 109 cm³/mol. The van der Waals surface area contributed by atoms with Crippen LogP contribution in [-0.2, 0) is 16.8 Å². The van der Waals surface area contributed by atoms with Gasteiger partial charge in [0.05, 0.1) is 26.4 Å². The molecule has 0 bridgehead atoms. The van der Waals surface area contributed by atoms with Gasteiger partial charge in [0, 0.05) is 39.6 Å². The third-order valence-corrected chi connectivity index (χ3v) is 5.80. The molecule has 1 aromatic carbocycles. The molecule has 1 fully saturated rings. The van der Waals surface area contributed by atoms with E-state index in [4.69, 9.17) is 14.2 Å². The number of anilines is 2. The Hall–Kier alpha value is -2.54. The summed E-state index contributed by atoms with van der Waals surface area (Å²) in [6.45, 7) is 2.47. The molecule has 28 heavy (non-hydrogen) atoms. The van der Waals surface area contributed by atoms with Crippen LogP contribution in [0.3, 0.4) is 0 Å². The fourth-order valence-corrected chi connectivity index (χ4v) is 4.34. The monoisotopic (exact) mass is 384 g/mol. The summed E-state index contributed by atoms with van der Waals surface area (Å²) in [4.78, 5) is 13.4. The van der Waals surface area contributed by atoms with Crippen molar-refractivity contribution in [2.24, 2.45) is 0 Å². The number of hydrogen-bond acceptors (Lipinski definition) is 7. The van der Waals surface area contributed by atoms with Gasteiger partial charge < -0.3 is 24.0 Å². The van der Waals surface area contributed by atoms with Crippen molar-refractivity contribution < 1.29 is 14.2 Å². The van der Waals surface area contributed by atoms with Crippen molar-refractivity contribution in [3.8, 4) is 11.5 Å². The Morgan fingerprint density at radius 1 is 1.04 bits per heavy atom. The topological polar surface area (TPSA) is 60.0 Å². The molecule has 0 saturated carbocycles. The summed E-state index contributed by atoms with van der Waals surface area (Å²) in [5.74, 6) is 3.38. The first-order valence-corrected chi connectivity index (χ1v) is 9.70. The number of nitrogens with zero attached hydrogens (tertiary/aromatic N) is 4. The summed E-state index contributed by atoms with van der Waals surface area (Å²) in [6.07, 6.45) is 6.20. The van der Waals surface area contributed by atoms with E-state index in [2.05, 4.69) is 27.0 Å². The zero-order valence-corrected chi connectivity index (χ0v) is 17.1. The van der Waals surface area contributed by atoms with E-state index >= 15 is 0 Å². The first kappa shape index (κ1) is 18.8. The van der Waals surface area contributed by atoms with Crippen LogP contribution in [0, 0.1) is 0 Å². The second-order valence-electron chi connectivity index (χ2n) is 7.54. The molecule has 0 aliphatic carbocycles. The lowest BCUT2D eigenvalue weighted by atomic mass is 9.79. The van der Waals surface area contributed by atoms with E-state index in [0.717, 1.165) is 62.1 Å². The summed E-state index contributed by atoms with van der Waals surface area (Å²) in [6, 6.07) is 4.22. The molecule has 1 aromatic heterocycles. The largest absolute Gasteiger partial charge is 0.493 e. The fraction of sp³-hybridized carbons (Fsp3) is 0.524. The lowest BCUT2D eigenvalue weighted by molar-refractivity contribution is -0.0768. The molecule has 0 N–H and O–H groups in total. The Balaban J connectivity index is 1.62. The van der Waals surface area contributed by atoms with Crippen LogP contribution in [-0.4, -0.2) is 58.0 Å². The molecule has 3 heterocycles. The van der Waals surface area contributed by atoms with E-state index in [1.165, 1.54) is 11.1 Å². The highest BCUT2D eigenvalue weighted by Gasteiger charge is 2.42. The third-order valence-electron chi connectivity index (χ3n) is 5.80. The Labute approximate surface area is 166 Å². The summed E-state index contributed by atoms with van der Waals surface area (Å²) in [7, 11) is 7.36. The van der Waals surface area contributed by atoms with E-state index in [0.29, 0.717) is 0 Å². The summed E-state index contributed by atoms with van der Waals surface area (Å²) < 4.78 is 17.4. The minimum atomic E-state index is -0.274. The van der Waals surface area contributed by atoms with Gasteiger partial charge in [0.2, 0.25) is 0 Å². The van der Waals surface area contributed by atoms with E-state index in [1.54, 1.807) is 26.6 Å². The van der Waals surface area contributed by atoms with E-state index in [-0.39, 0.29) is 5.60 Å². The van der Waals surface area contributed by atoms with Crippen molar-refractivity contribution in [1.82, 2.24) is 9.97 Å². The molecule has 7 nitrogen and oxygen atoms in total. The average Bonchev–Trinajstić information content (AvgIpc) is 2.73. The molecule has 0 atom stereocenters. The van der Waals surface area contributed by atoms with Gasteiger partial charge in [0.1, 0.15) is 0 Å². The minimum absolute atomic E-state index is 0.274. The van der Waals surface area contributed by atoms with Crippen LogP contribution in [0.15, 0.2) is 24.5 Å². The number of fused-ring (bicyclic) bond motifs is 2. The van der Waals surface area contributed by atoms with Gasteiger partial charge >= 0.3 is 0 Å². The van der Waals surface area contributed by atoms with Crippen LogP contribution in [0.1, 0.15) is 24.0 Å². The Kier molecular flexibility index (Phi) is 5.02. The van der Waals surface area contributed by atoms with Crippen LogP contribution in [0.5, 0.6) is 11.5 Å². The molecule has 2 aliphatic rings. The van der Waals surface area contributed by atoms with Gasteiger partial charge in [-0.25, -0.2) is 9.97 Å². The molecular formula is C21H28N4O3. The van der Waals surface area contributed by atoms with Crippen molar-refractivity contribution in [1.29, 1.82) is 0 Å². The summed E-state index contributed by atoms with van der Waals surface area (Å²) >= 11 is 0. The van der Waals surface area contributed by atoms with Gasteiger partial charge in [0.25, 0.3) is 0 Å². The second kappa shape index (κ2) is 7.47. The van der Waals surface area contributed by atoms with Gasteiger partial charge in [-0.05, 0) is 42.5 Å². The predicted octanol–water partition coefficient (Wildman–Crippen LogP) is 2.63. The highest BCUT2D eigenvalue weighted by atomic mass is 16.5. The number of rotatable bonds is 4. The van der Waals surface area contributed by atoms with Crippen LogP contribution >= 0.6 is 0 Å². The zero-order chi connectivity index (χ0) is 19.7. The molecule has 2 aliphatic heterocycles. The third kappa shape index (κ3) is 3.13. The number of benzene rings is 1. The number of hydrogen-bond donors (Lipinski definition) is 0. The quantitative estimate of drug-likeness (QED) is 0.803. The number of piperidine rings is 1. The molecular weight excluding hydrogens is 356 g/mol. The smallest absolute Gasteiger partial charge is 0.171 e. The van der Waals surface area contributed by atoms with Gasteiger partial charge in [0.15, 0.2) is 23.1 Å². The second-order valence-corrected chi connectivity index (χ2v) is 7.54. The van der Waals surface area contributed by atoms with E-state index in [9.17, 15) is 0 Å². The molecule has 1 spiro atoms. The lowest BCUT2D eigenvalue weighted by Gasteiger charge is -2.45. The van der Waals surface area contributed by atoms with Gasteiger partial charge in [-0.3, -0.25) is 0 Å². The van der Waals surface area contributed by atoms with Gasteiger partial charge in [-0.1, -0.05) is 0 Å². The number of aromatic nitrogens is 2.